The number of carbonyl (C=O) groups excluding carboxylic acids is 1. The molecule has 0 amide bonds. The minimum atomic E-state index is -0.477. The van der Waals surface area contributed by atoms with E-state index < -0.39 is 5.82 Å². The number of halogens is 2. The number of hydrogen-bond acceptors (Lipinski definition) is 4. The highest BCUT2D eigenvalue weighted by Crippen LogP contribution is 2.39. The Morgan fingerprint density at radius 3 is 2.84 bits per heavy atom. The van der Waals surface area contributed by atoms with E-state index in [1.807, 2.05) is 29.2 Å². The molecule has 2 heterocycles. The third-order valence-corrected chi connectivity index (χ3v) is 6.07. The standard InChI is InChI=1S/C23H21ClFN3O2S/c1-3-10-27-13-16(12-26-27)28-14-20(18-8-9-19(24)21(25)22(18)28)31-17-7-5-6-15(11-17)23(29)30-4-2/h5-9,11-14H,3-4,10H2,1-2H3. The van der Waals surface area contributed by atoms with Crippen LogP contribution in [0.5, 0.6) is 0 Å². The molecule has 31 heavy (non-hydrogen) atoms. The number of aromatic nitrogens is 3. The van der Waals surface area contributed by atoms with Gasteiger partial charge >= 0.3 is 5.97 Å². The molecule has 160 valence electrons. The van der Waals surface area contributed by atoms with Gasteiger partial charge in [0.2, 0.25) is 0 Å². The van der Waals surface area contributed by atoms with Crippen LogP contribution in [0.15, 0.2) is 64.8 Å². The van der Waals surface area contributed by atoms with Gasteiger partial charge in [-0.05, 0) is 43.7 Å². The number of benzene rings is 2. The number of esters is 1. The molecule has 2 aromatic carbocycles. The second-order valence-corrected chi connectivity index (χ2v) is 8.46. The lowest BCUT2D eigenvalue weighted by atomic mass is 10.2. The molecule has 0 atom stereocenters. The predicted molar refractivity (Wildman–Crippen MR) is 121 cm³/mol. The van der Waals surface area contributed by atoms with E-state index in [4.69, 9.17) is 16.3 Å². The van der Waals surface area contributed by atoms with E-state index in [1.54, 1.807) is 42.0 Å². The zero-order valence-corrected chi connectivity index (χ0v) is 18.7. The minimum Gasteiger partial charge on any atom is -0.462 e. The molecule has 0 radical (unpaired) electrons. The molecule has 4 aromatic rings. The summed E-state index contributed by atoms with van der Waals surface area (Å²) < 4.78 is 23.7. The zero-order chi connectivity index (χ0) is 22.0. The largest absolute Gasteiger partial charge is 0.462 e. The quantitative estimate of drug-likeness (QED) is 0.303. The van der Waals surface area contributed by atoms with Crippen molar-refractivity contribution in [2.24, 2.45) is 0 Å². The first-order chi connectivity index (χ1) is 15.0. The van der Waals surface area contributed by atoms with E-state index in [9.17, 15) is 4.79 Å². The van der Waals surface area contributed by atoms with Crippen LogP contribution in [0, 0.1) is 5.82 Å². The third kappa shape index (κ3) is 4.34. The van der Waals surface area contributed by atoms with Crippen LogP contribution in [0.1, 0.15) is 30.6 Å². The van der Waals surface area contributed by atoms with E-state index in [1.165, 1.54) is 11.8 Å². The average molecular weight is 458 g/mol. The molecule has 4 rings (SSSR count). The molecule has 0 spiro atoms. The van der Waals surface area contributed by atoms with E-state index in [0.29, 0.717) is 17.7 Å². The molecular weight excluding hydrogens is 437 g/mol. The van der Waals surface area contributed by atoms with Crippen LogP contribution in [0.3, 0.4) is 0 Å². The van der Waals surface area contributed by atoms with E-state index in [0.717, 1.165) is 33.8 Å². The zero-order valence-electron chi connectivity index (χ0n) is 17.1. The van der Waals surface area contributed by atoms with Crippen molar-refractivity contribution in [3.8, 4) is 5.69 Å². The van der Waals surface area contributed by atoms with Gasteiger partial charge in [0.1, 0.15) is 0 Å². The van der Waals surface area contributed by atoms with E-state index >= 15 is 4.39 Å². The van der Waals surface area contributed by atoms with Crippen LogP contribution in [0.25, 0.3) is 16.6 Å². The van der Waals surface area contributed by atoms with Crippen molar-refractivity contribution in [1.29, 1.82) is 0 Å². The monoisotopic (exact) mass is 457 g/mol. The van der Waals surface area contributed by atoms with Crippen molar-refractivity contribution in [3.63, 3.8) is 0 Å². The summed E-state index contributed by atoms with van der Waals surface area (Å²) in [4.78, 5) is 13.8. The molecule has 0 fully saturated rings. The Kier molecular flexibility index (Phi) is 6.34. The molecule has 0 unspecified atom stereocenters. The number of fused-ring (bicyclic) bond motifs is 1. The second kappa shape index (κ2) is 9.16. The van der Waals surface area contributed by atoms with Gasteiger partial charge in [0, 0.05) is 34.1 Å². The fourth-order valence-electron chi connectivity index (χ4n) is 3.37. The number of ether oxygens (including phenoxy) is 1. The van der Waals surface area contributed by atoms with Crippen LogP contribution >= 0.6 is 23.4 Å². The fourth-order valence-corrected chi connectivity index (χ4v) is 4.54. The van der Waals surface area contributed by atoms with Gasteiger partial charge in [0.15, 0.2) is 5.82 Å². The van der Waals surface area contributed by atoms with E-state index in [2.05, 4.69) is 12.0 Å². The van der Waals surface area contributed by atoms with Gasteiger partial charge in [-0.15, -0.1) is 0 Å². The van der Waals surface area contributed by atoms with Crippen molar-refractivity contribution in [2.45, 2.75) is 36.6 Å². The number of carbonyl (C=O) groups is 1. The molecule has 0 aliphatic carbocycles. The SMILES string of the molecule is CCCn1cc(-n2cc(Sc3cccc(C(=O)OCC)c3)c3ccc(Cl)c(F)c32)cn1. The van der Waals surface area contributed by atoms with E-state index in [-0.39, 0.29) is 11.0 Å². The van der Waals surface area contributed by atoms with Crippen LogP contribution in [-0.4, -0.2) is 26.9 Å². The van der Waals surface area contributed by atoms with Gasteiger partial charge in [0.05, 0.1) is 34.6 Å². The first kappa shape index (κ1) is 21.5. The van der Waals surface area contributed by atoms with Crippen LogP contribution < -0.4 is 0 Å². The molecule has 8 heteroatoms. The summed E-state index contributed by atoms with van der Waals surface area (Å²) in [5, 5.41) is 5.16. The van der Waals surface area contributed by atoms with Crippen molar-refractivity contribution >= 4 is 40.2 Å². The van der Waals surface area contributed by atoms with Gasteiger partial charge in [0.25, 0.3) is 0 Å². The smallest absolute Gasteiger partial charge is 0.338 e. The first-order valence-electron chi connectivity index (χ1n) is 9.98. The van der Waals surface area contributed by atoms with Gasteiger partial charge in [-0.3, -0.25) is 4.68 Å². The Labute approximate surface area is 188 Å². The van der Waals surface area contributed by atoms with Crippen molar-refractivity contribution in [2.75, 3.05) is 6.61 Å². The highest BCUT2D eigenvalue weighted by atomic mass is 35.5. The molecule has 0 N–H and O–H groups in total. The maximum Gasteiger partial charge on any atom is 0.338 e. The third-order valence-electron chi connectivity index (χ3n) is 4.75. The Morgan fingerprint density at radius 1 is 1.23 bits per heavy atom. The first-order valence-corrected chi connectivity index (χ1v) is 11.2. The summed E-state index contributed by atoms with van der Waals surface area (Å²) in [5.74, 6) is -0.844. The lowest BCUT2D eigenvalue weighted by Crippen LogP contribution is -2.04. The van der Waals surface area contributed by atoms with Crippen molar-refractivity contribution < 1.29 is 13.9 Å². The minimum absolute atomic E-state index is 0.0636. The Morgan fingerprint density at radius 2 is 2.06 bits per heavy atom. The summed E-state index contributed by atoms with van der Waals surface area (Å²) in [5.41, 5.74) is 1.63. The Balaban J connectivity index is 1.78. The predicted octanol–water partition coefficient (Wildman–Crippen LogP) is 6.36. The van der Waals surface area contributed by atoms with Gasteiger partial charge in [-0.1, -0.05) is 36.4 Å². The molecule has 5 nitrogen and oxygen atoms in total. The molecule has 0 aliphatic rings. The summed E-state index contributed by atoms with van der Waals surface area (Å²) in [6.07, 6.45) is 6.43. The van der Waals surface area contributed by atoms with Crippen LogP contribution in [-0.2, 0) is 11.3 Å². The molecule has 2 aromatic heterocycles. The maximum atomic E-state index is 15.1. The number of aryl methyl sites for hydroxylation is 1. The van der Waals surface area contributed by atoms with Crippen LogP contribution in [0.2, 0.25) is 5.02 Å². The highest BCUT2D eigenvalue weighted by Gasteiger charge is 2.18. The number of hydrogen-bond donors (Lipinski definition) is 0. The van der Waals surface area contributed by atoms with Gasteiger partial charge < -0.3 is 9.30 Å². The number of nitrogens with zero attached hydrogens (tertiary/aromatic N) is 3. The molecule has 0 bridgehead atoms. The lowest BCUT2D eigenvalue weighted by molar-refractivity contribution is 0.0526. The van der Waals surface area contributed by atoms with Crippen molar-refractivity contribution in [3.05, 3.63) is 71.4 Å². The summed E-state index contributed by atoms with van der Waals surface area (Å²) in [6.45, 7) is 4.94. The summed E-state index contributed by atoms with van der Waals surface area (Å²) in [7, 11) is 0. The van der Waals surface area contributed by atoms with Crippen LogP contribution in [0.4, 0.5) is 4.39 Å². The molecular formula is C23H21ClFN3O2S. The fraction of sp³-hybridized carbons (Fsp3) is 0.217. The molecule has 0 saturated carbocycles. The van der Waals surface area contributed by atoms with Crippen molar-refractivity contribution in [1.82, 2.24) is 14.3 Å². The van der Waals surface area contributed by atoms with Gasteiger partial charge in [-0.25, -0.2) is 9.18 Å². The lowest BCUT2D eigenvalue weighted by Gasteiger charge is -2.05. The normalized spacial score (nSPS) is 11.2. The highest BCUT2D eigenvalue weighted by molar-refractivity contribution is 7.99. The number of rotatable bonds is 7. The summed E-state index contributed by atoms with van der Waals surface area (Å²) >= 11 is 7.54. The Bertz CT molecular complexity index is 1250. The average Bonchev–Trinajstić information content (AvgIpc) is 3.36. The Hall–Kier alpha value is -2.77. The maximum absolute atomic E-state index is 15.1. The molecule has 0 aliphatic heterocycles. The molecule has 0 saturated heterocycles. The topological polar surface area (TPSA) is 49.0 Å². The second-order valence-electron chi connectivity index (χ2n) is 6.93. The van der Waals surface area contributed by atoms with Gasteiger partial charge in [-0.2, -0.15) is 5.10 Å². The summed E-state index contributed by atoms with van der Waals surface area (Å²) in [6, 6.07) is 10.6.